The van der Waals surface area contributed by atoms with Gasteiger partial charge in [-0.15, -0.1) is 0 Å². The van der Waals surface area contributed by atoms with Gasteiger partial charge in [0.05, 0.1) is 31.7 Å². The second-order valence-electron chi connectivity index (χ2n) is 8.16. The van der Waals surface area contributed by atoms with Crippen LogP contribution in [0.4, 0.5) is 0 Å². The fraction of sp³-hybridized carbons (Fsp3) is 1.00. The molecule has 2 heterocycles. The normalized spacial score (nSPS) is 45.4. The lowest BCUT2D eigenvalue weighted by Crippen LogP contribution is -3.30. The van der Waals surface area contributed by atoms with E-state index >= 15 is 0 Å². The first kappa shape index (κ1) is 15.8. The molecule has 21 heavy (non-hydrogen) atoms. The van der Waals surface area contributed by atoms with E-state index in [1.54, 1.807) is 0 Å². The van der Waals surface area contributed by atoms with Crippen LogP contribution < -0.4 is 14.7 Å². The first-order valence-corrected chi connectivity index (χ1v) is 9.79. The average molecular weight is 297 g/mol. The van der Waals surface area contributed by atoms with E-state index in [9.17, 15) is 0 Å². The van der Waals surface area contributed by atoms with Crippen LogP contribution in [0.5, 0.6) is 0 Å². The highest BCUT2D eigenvalue weighted by Crippen LogP contribution is 2.22. The van der Waals surface area contributed by atoms with Crippen LogP contribution in [0.1, 0.15) is 52.4 Å². The highest BCUT2D eigenvalue weighted by Gasteiger charge is 2.36. The minimum Gasteiger partial charge on any atom is -0.332 e. The van der Waals surface area contributed by atoms with Crippen molar-refractivity contribution in [1.82, 2.24) is 0 Å². The van der Waals surface area contributed by atoms with Gasteiger partial charge in [0.25, 0.3) is 0 Å². The van der Waals surface area contributed by atoms with Crippen molar-refractivity contribution in [2.75, 3.05) is 45.8 Å². The zero-order valence-electron chi connectivity index (χ0n) is 14.4. The third kappa shape index (κ3) is 4.00. The van der Waals surface area contributed by atoms with Gasteiger partial charge in [0.15, 0.2) is 0 Å². The van der Waals surface area contributed by atoms with E-state index in [0.29, 0.717) is 0 Å². The molecular weight excluding hydrogens is 258 g/mol. The monoisotopic (exact) mass is 296 g/mol. The van der Waals surface area contributed by atoms with Crippen LogP contribution in [0.3, 0.4) is 0 Å². The second kappa shape index (κ2) is 7.43. The number of piperidine rings is 1. The average Bonchev–Trinajstić information content (AvgIpc) is 2.55. The number of rotatable bonds is 3. The van der Waals surface area contributed by atoms with Crippen LogP contribution in [-0.4, -0.2) is 57.9 Å². The van der Waals surface area contributed by atoms with Crippen molar-refractivity contribution in [2.45, 2.75) is 64.5 Å². The molecule has 3 nitrogen and oxygen atoms in total. The van der Waals surface area contributed by atoms with Gasteiger partial charge in [-0.3, -0.25) is 0 Å². The SMILES string of the molecule is CC[NH+]1CC[NH+](C2CC[NH+]([C@H]3CCC[C@H](C)C3)CC2)CC1. The predicted molar refractivity (Wildman–Crippen MR) is 87.1 cm³/mol. The molecule has 0 amide bonds. The molecule has 0 aromatic rings. The van der Waals surface area contributed by atoms with Gasteiger partial charge in [-0.2, -0.15) is 0 Å². The molecule has 3 N–H and O–H groups in total. The Morgan fingerprint density at radius 1 is 0.762 bits per heavy atom. The van der Waals surface area contributed by atoms with Crippen LogP contribution in [0.25, 0.3) is 0 Å². The van der Waals surface area contributed by atoms with Gasteiger partial charge >= 0.3 is 0 Å². The van der Waals surface area contributed by atoms with Crippen molar-refractivity contribution in [3.8, 4) is 0 Å². The summed E-state index contributed by atoms with van der Waals surface area (Å²) in [6.07, 6.45) is 8.99. The van der Waals surface area contributed by atoms with Gasteiger partial charge in [0, 0.05) is 19.3 Å². The molecule has 2 aliphatic heterocycles. The van der Waals surface area contributed by atoms with E-state index in [0.717, 1.165) is 18.0 Å². The van der Waals surface area contributed by atoms with E-state index in [1.807, 2.05) is 14.7 Å². The summed E-state index contributed by atoms with van der Waals surface area (Å²) in [7, 11) is 0. The minimum absolute atomic E-state index is 0.990. The molecule has 0 spiro atoms. The molecule has 1 aliphatic carbocycles. The predicted octanol–water partition coefficient (Wildman–Crippen LogP) is -1.58. The summed E-state index contributed by atoms with van der Waals surface area (Å²) >= 11 is 0. The largest absolute Gasteiger partial charge is 0.332 e. The van der Waals surface area contributed by atoms with Crippen molar-refractivity contribution in [1.29, 1.82) is 0 Å². The molecule has 0 radical (unpaired) electrons. The number of likely N-dealkylation sites (tertiary alicyclic amines) is 1. The fourth-order valence-corrected chi connectivity index (χ4v) is 5.30. The Balaban J connectivity index is 1.43. The molecule has 0 aromatic carbocycles. The smallest absolute Gasteiger partial charge is 0.127 e. The lowest BCUT2D eigenvalue weighted by Gasteiger charge is -2.41. The van der Waals surface area contributed by atoms with Gasteiger partial charge in [0.2, 0.25) is 0 Å². The summed E-state index contributed by atoms with van der Waals surface area (Å²) in [5.41, 5.74) is 0. The Morgan fingerprint density at radius 2 is 1.43 bits per heavy atom. The molecule has 0 aromatic heterocycles. The van der Waals surface area contributed by atoms with E-state index in [-0.39, 0.29) is 0 Å². The van der Waals surface area contributed by atoms with E-state index in [2.05, 4.69) is 13.8 Å². The summed E-state index contributed by atoms with van der Waals surface area (Å²) < 4.78 is 0. The second-order valence-corrected chi connectivity index (χ2v) is 8.16. The Labute approximate surface area is 131 Å². The van der Waals surface area contributed by atoms with E-state index < -0.39 is 0 Å². The molecule has 122 valence electrons. The lowest BCUT2D eigenvalue weighted by molar-refractivity contribution is -1.03. The van der Waals surface area contributed by atoms with Gasteiger partial charge < -0.3 is 14.7 Å². The number of nitrogens with one attached hydrogen (secondary N) is 3. The van der Waals surface area contributed by atoms with Crippen molar-refractivity contribution in [3.05, 3.63) is 0 Å². The molecular formula is C18H38N3+3. The van der Waals surface area contributed by atoms with Crippen LogP contribution >= 0.6 is 0 Å². The molecule has 1 saturated carbocycles. The van der Waals surface area contributed by atoms with Crippen molar-refractivity contribution < 1.29 is 14.7 Å². The van der Waals surface area contributed by atoms with Crippen LogP contribution in [-0.2, 0) is 0 Å². The molecule has 0 unspecified atom stereocenters. The first-order valence-electron chi connectivity index (χ1n) is 9.79. The molecule has 3 heteroatoms. The number of hydrogen-bond acceptors (Lipinski definition) is 0. The Bertz CT molecular complexity index is 304. The number of quaternary nitrogens is 3. The Hall–Kier alpha value is -0.120. The summed E-state index contributed by atoms with van der Waals surface area (Å²) in [4.78, 5) is 5.75. The third-order valence-corrected chi connectivity index (χ3v) is 6.82. The molecule has 2 atom stereocenters. The Morgan fingerprint density at radius 3 is 2.05 bits per heavy atom. The third-order valence-electron chi connectivity index (χ3n) is 6.82. The molecule has 2 saturated heterocycles. The van der Waals surface area contributed by atoms with Crippen LogP contribution in [0.2, 0.25) is 0 Å². The van der Waals surface area contributed by atoms with Crippen molar-refractivity contribution >= 4 is 0 Å². The maximum absolute atomic E-state index is 2.47. The van der Waals surface area contributed by atoms with E-state index in [1.165, 1.54) is 84.3 Å². The number of piperazine rings is 1. The topological polar surface area (TPSA) is 13.3 Å². The Kier molecular flexibility index (Phi) is 5.58. The standard InChI is InChI=1S/C18H35N3/c1-3-19-11-13-21(14-12-19)17-7-9-20(10-8-17)18-6-4-5-16(2)15-18/h16-18H,3-15H2,1-2H3/p+3/t16-,18-/m0/s1. The highest BCUT2D eigenvalue weighted by molar-refractivity contribution is 4.71. The summed E-state index contributed by atoms with van der Waals surface area (Å²) in [6.45, 7) is 14.8. The molecule has 3 aliphatic rings. The van der Waals surface area contributed by atoms with Gasteiger partial charge in [-0.05, 0) is 25.7 Å². The van der Waals surface area contributed by atoms with Gasteiger partial charge in [0.1, 0.15) is 26.2 Å². The zero-order valence-corrected chi connectivity index (χ0v) is 14.4. The maximum atomic E-state index is 2.47. The lowest BCUT2D eigenvalue weighted by atomic mass is 9.85. The van der Waals surface area contributed by atoms with E-state index in [4.69, 9.17) is 0 Å². The molecule has 3 fully saturated rings. The maximum Gasteiger partial charge on any atom is 0.127 e. The van der Waals surface area contributed by atoms with Gasteiger partial charge in [-0.1, -0.05) is 13.3 Å². The quantitative estimate of drug-likeness (QED) is 0.556. The molecule has 0 bridgehead atoms. The number of hydrogen-bond donors (Lipinski definition) is 3. The van der Waals surface area contributed by atoms with Crippen LogP contribution in [0.15, 0.2) is 0 Å². The summed E-state index contributed by atoms with van der Waals surface area (Å²) in [5, 5.41) is 0. The number of likely N-dealkylation sites (N-methyl/N-ethyl adjacent to an activating group) is 1. The van der Waals surface area contributed by atoms with Crippen molar-refractivity contribution in [2.24, 2.45) is 5.92 Å². The van der Waals surface area contributed by atoms with Crippen molar-refractivity contribution in [3.63, 3.8) is 0 Å². The first-order chi connectivity index (χ1) is 10.3. The molecule has 3 rings (SSSR count). The zero-order chi connectivity index (χ0) is 14.7. The van der Waals surface area contributed by atoms with Gasteiger partial charge in [-0.25, -0.2) is 0 Å². The highest BCUT2D eigenvalue weighted by atomic mass is 15.3. The van der Waals surface area contributed by atoms with Crippen LogP contribution in [0, 0.1) is 5.92 Å². The summed E-state index contributed by atoms with van der Waals surface area (Å²) in [5.74, 6) is 0.990. The fourth-order valence-electron chi connectivity index (χ4n) is 5.30. The minimum atomic E-state index is 0.990. The summed E-state index contributed by atoms with van der Waals surface area (Å²) in [6, 6.07) is 2.00.